The first-order valence-electron chi connectivity index (χ1n) is 5.66. The van der Waals surface area contributed by atoms with E-state index in [4.69, 9.17) is 0 Å². The fourth-order valence-electron chi connectivity index (χ4n) is 2.23. The van der Waals surface area contributed by atoms with Crippen LogP contribution in [0.15, 0.2) is 29.1 Å². The molecule has 0 spiro atoms. The van der Waals surface area contributed by atoms with Gasteiger partial charge in [0, 0.05) is 7.05 Å². The zero-order valence-corrected chi connectivity index (χ0v) is 11.7. The molecule has 1 aliphatic heterocycles. The maximum Gasteiger partial charge on any atom is 0.256 e. The lowest BCUT2D eigenvalue weighted by molar-refractivity contribution is 0.0787. The largest absolute Gasteiger partial charge is 0.336 e. The molecule has 0 aliphatic carbocycles. The van der Waals surface area contributed by atoms with Crippen LogP contribution in [0.2, 0.25) is 0 Å². The molecule has 5 heteroatoms. The van der Waals surface area contributed by atoms with Crippen LogP contribution < -0.4 is 0 Å². The number of hydrogen-bond donors (Lipinski definition) is 0. The number of imidazole rings is 1. The number of aryl methyl sites for hydroxylation is 1. The van der Waals surface area contributed by atoms with Crippen LogP contribution in [0.25, 0.3) is 5.69 Å². The molecule has 2 aromatic rings. The molecule has 0 unspecified atom stereocenters. The third-order valence-corrected chi connectivity index (χ3v) is 3.85. The van der Waals surface area contributed by atoms with Crippen molar-refractivity contribution in [3.63, 3.8) is 0 Å². The van der Waals surface area contributed by atoms with Crippen molar-refractivity contribution in [3.05, 3.63) is 46.0 Å². The van der Waals surface area contributed by atoms with Gasteiger partial charge in [-0.2, -0.15) is 0 Å². The van der Waals surface area contributed by atoms with Gasteiger partial charge >= 0.3 is 0 Å². The fraction of sp³-hybridized carbons (Fsp3) is 0.231. The van der Waals surface area contributed by atoms with E-state index < -0.39 is 0 Å². The molecule has 0 bridgehead atoms. The fourth-order valence-corrected chi connectivity index (χ4v) is 2.64. The SMILES string of the molecule is Cc1ccc2c(c1)C(=O)N(C)Cc1c(Br)ncn1-2. The first kappa shape index (κ1) is 11.5. The van der Waals surface area contributed by atoms with E-state index in [1.54, 1.807) is 11.2 Å². The van der Waals surface area contributed by atoms with Crippen LogP contribution >= 0.6 is 15.9 Å². The second-order valence-electron chi connectivity index (χ2n) is 4.53. The highest BCUT2D eigenvalue weighted by atomic mass is 79.9. The summed E-state index contributed by atoms with van der Waals surface area (Å²) in [5.41, 5.74) is 3.69. The second-order valence-corrected chi connectivity index (χ2v) is 5.29. The summed E-state index contributed by atoms with van der Waals surface area (Å²) in [6.45, 7) is 2.54. The standard InChI is InChI=1S/C13H12BrN3O/c1-8-3-4-10-9(5-8)13(18)16(2)6-11-12(14)15-7-17(10)11/h3-5,7H,6H2,1-2H3. The van der Waals surface area contributed by atoms with Crippen LogP contribution in [0, 0.1) is 6.92 Å². The lowest BCUT2D eigenvalue weighted by Crippen LogP contribution is -2.25. The number of amides is 1. The Bertz CT molecular complexity index is 648. The predicted octanol–water partition coefficient (Wildman–Crippen LogP) is 2.53. The van der Waals surface area contributed by atoms with Gasteiger partial charge in [0.1, 0.15) is 10.9 Å². The molecule has 3 rings (SSSR count). The minimum Gasteiger partial charge on any atom is -0.336 e. The summed E-state index contributed by atoms with van der Waals surface area (Å²) in [5.74, 6) is 0.0456. The lowest BCUT2D eigenvalue weighted by atomic mass is 10.1. The minimum absolute atomic E-state index is 0.0456. The first-order valence-corrected chi connectivity index (χ1v) is 6.45. The number of benzene rings is 1. The zero-order chi connectivity index (χ0) is 12.9. The van der Waals surface area contributed by atoms with Gasteiger partial charge in [0.2, 0.25) is 0 Å². The number of hydrogen-bond acceptors (Lipinski definition) is 2. The molecule has 1 aromatic heterocycles. The van der Waals surface area contributed by atoms with Crippen molar-refractivity contribution in [2.75, 3.05) is 7.05 Å². The molecule has 2 heterocycles. The topological polar surface area (TPSA) is 38.1 Å². The second kappa shape index (κ2) is 3.95. The summed E-state index contributed by atoms with van der Waals surface area (Å²) < 4.78 is 2.76. The van der Waals surface area contributed by atoms with Crippen LogP contribution in [0.4, 0.5) is 0 Å². The van der Waals surface area contributed by atoms with E-state index in [1.165, 1.54) is 0 Å². The van der Waals surface area contributed by atoms with Gasteiger partial charge in [-0.25, -0.2) is 4.98 Å². The average Bonchev–Trinajstić information content (AvgIpc) is 2.65. The number of aromatic nitrogens is 2. The smallest absolute Gasteiger partial charge is 0.256 e. The molecule has 92 valence electrons. The minimum atomic E-state index is 0.0456. The van der Waals surface area contributed by atoms with Crippen molar-refractivity contribution < 1.29 is 4.79 Å². The van der Waals surface area contributed by atoms with Crippen molar-refractivity contribution in [3.8, 4) is 5.69 Å². The maximum absolute atomic E-state index is 12.3. The summed E-state index contributed by atoms with van der Waals surface area (Å²) in [5, 5.41) is 0. The third kappa shape index (κ3) is 1.58. The van der Waals surface area contributed by atoms with E-state index in [9.17, 15) is 4.79 Å². The highest BCUT2D eigenvalue weighted by molar-refractivity contribution is 9.10. The number of halogens is 1. The molecular weight excluding hydrogens is 294 g/mol. The Balaban J connectivity index is 2.33. The Morgan fingerprint density at radius 2 is 2.17 bits per heavy atom. The third-order valence-electron chi connectivity index (χ3n) is 3.19. The number of nitrogens with zero attached hydrogens (tertiary/aromatic N) is 3. The highest BCUT2D eigenvalue weighted by Gasteiger charge is 2.25. The Hall–Kier alpha value is -1.62. The van der Waals surface area contributed by atoms with Crippen molar-refractivity contribution >= 4 is 21.8 Å². The Labute approximate surface area is 113 Å². The summed E-state index contributed by atoms with van der Waals surface area (Å²) in [4.78, 5) is 18.3. The number of rotatable bonds is 0. The monoisotopic (exact) mass is 305 g/mol. The van der Waals surface area contributed by atoms with Crippen molar-refractivity contribution in [2.45, 2.75) is 13.5 Å². The molecule has 0 saturated heterocycles. The molecule has 1 amide bonds. The molecule has 0 radical (unpaired) electrons. The molecular formula is C13H12BrN3O. The molecule has 1 aliphatic rings. The molecule has 18 heavy (non-hydrogen) atoms. The van der Waals surface area contributed by atoms with Gasteiger partial charge in [0.05, 0.1) is 23.5 Å². The number of carbonyl (C=O) groups is 1. The molecule has 1 aromatic carbocycles. The summed E-state index contributed by atoms with van der Waals surface area (Å²) in [6, 6.07) is 5.91. The first-order chi connectivity index (χ1) is 8.58. The van der Waals surface area contributed by atoms with Crippen molar-refractivity contribution in [1.29, 1.82) is 0 Å². The zero-order valence-electron chi connectivity index (χ0n) is 10.1. The Morgan fingerprint density at radius 3 is 2.94 bits per heavy atom. The highest BCUT2D eigenvalue weighted by Crippen LogP contribution is 2.28. The van der Waals surface area contributed by atoms with Crippen LogP contribution in [-0.2, 0) is 6.54 Å². The maximum atomic E-state index is 12.3. The Kier molecular flexibility index (Phi) is 2.52. The Morgan fingerprint density at radius 1 is 1.39 bits per heavy atom. The predicted molar refractivity (Wildman–Crippen MR) is 71.8 cm³/mol. The summed E-state index contributed by atoms with van der Waals surface area (Å²) >= 11 is 3.43. The van der Waals surface area contributed by atoms with Crippen LogP contribution in [0.3, 0.4) is 0 Å². The van der Waals surface area contributed by atoms with Gasteiger partial charge < -0.3 is 4.90 Å². The molecule has 0 saturated carbocycles. The molecule has 4 nitrogen and oxygen atoms in total. The molecule has 0 fully saturated rings. The molecule has 0 atom stereocenters. The summed E-state index contributed by atoms with van der Waals surface area (Å²) in [7, 11) is 1.81. The van der Waals surface area contributed by atoms with E-state index in [0.717, 1.165) is 27.1 Å². The van der Waals surface area contributed by atoms with E-state index in [-0.39, 0.29) is 5.91 Å². The summed E-state index contributed by atoms with van der Waals surface area (Å²) in [6.07, 6.45) is 1.75. The van der Waals surface area contributed by atoms with Gasteiger partial charge in [0.15, 0.2) is 0 Å². The number of fused-ring (bicyclic) bond motifs is 3. The van der Waals surface area contributed by atoms with E-state index in [0.29, 0.717) is 6.54 Å². The van der Waals surface area contributed by atoms with Gasteiger partial charge in [0.25, 0.3) is 5.91 Å². The van der Waals surface area contributed by atoms with Crippen molar-refractivity contribution in [1.82, 2.24) is 14.5 Å². The van der Waals surface area contributed by atoms with E-state index >= 15 is 0 Å². The number of carbonyl (C=O) groups excluding carboxylic acids is 1. The van der Waals surface area contributed by atoms with Crippen LogP contribution in [0.5, 0.6) is 0 Å². The van der Waals surface area contributed by atoms with Gasteiger partial charge in [-0.15, -0.1) is 0 Å². The molecule has 0 N–H and O–H groups in total. The average molecular weight is 306 g/mol. The van der Waals surface area contributed by atoms with Crippen LogP contribution in [0.1, 0.15) is 21.6 Å². The van der Waals surface area contributed by atoms with Gasteiger partial charge in [-0.1, -0.05) is 11.6 Å². The lowest BCUT2D eigenvalue weighted by Gasteiger charge is -2.14. The van der Waals surface area contributed by atoms with Gasteiger partial charge in [-0.05, 0) is 35.0 Å². The van der Waals surface area contributed by atoms with E-state index in [1.807, 2.05) is 36.7 Å². The van der Waals surface area contributed by atoms with Gasteiger partial charge in [-0.3, -0.25) is 9.36 Å². The van der Waals surface area contributed by atoms with E-state index in [2.05, 4.69) is 20.9 Å². The van der Waals surface area contributed by atoms with Crippen LogP contribution in [-0.4, -0.2) is 27.4 Å². The quantitative estimate of drug-likeness (QED) is 0.750. The van der Waals surface area contributed by atoms with Crippen molar-refractivity contribution in [2.24, 2.45) is 0 Å². The normalized spacial score (nSPS) is 14.2.